The van der Waals surface area contributed by atoms with Crippen molar-refractivity contribution >= 4 is 28.7 Å². The number of halogens is 1. The summed E-state index contributed by atoms with van der Waals surface area (Å²) in [7, 11) is 0. The van der Waals surface area contributed by atoms with Gasteiger partial charge in [-0.05, 0) is 18.6 Å². The molecule has 100 valence electrons. The van der Waals surface area contributed by atoms with Gasteiger partial charge in [-0.25, -0.2) is 4.98 Å². The largest absolute Gasteiger partial charge is 0.480 e. The highest BCUT2D eigenvalue weighted by Gasteiger charge is 2.38. The van der Waals surface area contributed by atoms with Crippen molar-refractivity contribution in [2.75, 3.05) is 6.54 Å². The van der Waals surface area contributed by atoms with E-state index in [2.05, 4.69) is 10.3 Å². The number of carboxylic acids is 1. The number of hydrogen-bond acceptors (Lipinski definition) is 4. The summed E-state index contributed by atoms with van der Waals surface area (Å²) in [6.45, 7) is 0.481. The lowest BCUT2D eigenvalue weighted by atomic mass is 9.90. The molecule has 0 amide bonds. The first kappa shape index (κ1) is 12.4. The van der Waals surface area contributed by atoms with E-state index in [1.54, 1.807) is 0 Å². The first-order chi connectivity index (χ1) is 9.15. The van der Waals surface area contributed by atoms with E-state index in [1.165, 1.54) is 0 Å². The molecule has 3 rings (SSSR count). The van der Waals surface area contributed by atoms with E-state index in [1.807, 2.05) is 24.3 Å². The Bertz CT molecular complexity index is 580. The Morgan fingerprint density at radius 2 is 2.26 bits per heavy atom. The van der Waals surface area contributed by atoms with Crippen LogP contribution in [0, 0.1) is 0 Å². The molecule has 1 fully saturated rings. The summed E-state index contributed by atoms with van der Waals surface area (Å²) < 4.78 is 5.66. The van der Waals surface area contributed by atoms with Crippen LogP contribution < -0.4 is 5.32 Å². The summed E-state index contributed by atoms with van der Waals surface area (Å²) in [5, 5.41) is 12.1. The van der Waals surface area contributed by atoms with E-state index in [-0.39, 0.29) is 11.3 Å². The van der Waals surface area contributed by atoms with Crippen molar-refractivity contribution in [3.8, 4) is 0 Å². The molecule has 0 bridgehead atoms. The van der Waals surface area contributed by atoms with Gasteiger partial charge in [-0.3, -0.25) is 4.79 Å². The van der Waals surface area contributed by atoms with E-state index < -0.39 is 12.0 Å². The number of piperidine rings is 1. The van der Waals surface area contributed by atoms with Gasteiger partial charge in [-0.1, -0.05) is 12.1 Å². The molecule has 3 atom stereocenters. The second-order valence-electron chi connectivity index (χ2n) is 4.68. The number of carboxylic acid groups (broad SMARTS) is 1. The number of aromatic nitrogens is 1. The summed E-state index contributed by atoms with van der Waals surface area (Å²) in [4.78, 5) is 15.7. The monoisotopic (exact) mass is 280 g/mol. The molecule has 1 aromatic carbocycles. The molecule has 5 nitrogen and oxygen atoms in total. The third kappa shape index (κ3) is 2.31. The average Bonchev–Trinajstić information content (AvgIpc) is 2.81. The van der Waals surface area contributed by atoms with Gasteiger partial charge in [0, 0.05) is 11.9 Å². The number of hydrogen-bond donors (Lipinski definition) is 2. The number of carbonyl (C=O) groups is 1. The predicted molar refractivity (Wildman–Crippen MR) is 70.4 cm³/mol. The van der Waals surface area contributed by atoms with Crippen molar-refractivity contribution in [1.29, 1.82) is 0 Å². The van der Waals surface area contributed by atoms with Gasteiger partial charge < -0.3 is 14.8 Å². The Morgan fingerprint density at radius 1 is 1.47 bits per heavy atom. The summed E-state index contributed by atoms with van der Waals surface area (Å²) >= 11 is 6.11. The highest BCUT2D eigenvalue weighted by atomic mass is 35.5. The normalized spacial score (nSPS) is 27.5. The fourth-order valence-corrected chi connectivity index (χ4v) is 2.72. The second-order valence-corrected chi connectivity index (χ2v) is 5.30. The quantitative estimate of drug-likeness (QED) is 0.823. The van der Waals surface area contributed by atoms with Crippen molar-refractivity contribution in [2.45, 2.75) is 23.8 Å². The van der Waals surface area contributed by atoms with Crippen molar-refractivity contribution in [3.05, 3.63) is 30.2 Å². The Labute approximate surface area is 114 Å². The van der Waals surface area contributed by atoms with Crippen LogP contribution in [0.4, 0.5) is 0 Å². The molecule has 1 aromatic heterocycles. The lowest BCUT2D eigenvalue weighted by Gasteiger charge is -2.30. The van der Waals surface area contributed by atoms with Crippen LogP contribution >= 0.6 is 11.6 Å². The Morgan fingerprint density at radius 3 is 3.00 bits per heavy atom. The number of benzene rings is 1. The molecule has 2 heterocycles. The van der Waals surface area contributed by atoms with E-state index >= 15 is 0 Å². The molecular weight excluding hydrogens is 268 g/mol. The van der Waals surface area contributed by atoms with E-state index in [4.69, 9.17) is 16.0 Å². The molecule has 6 heteroatoms. The fourth-order valence-electron chi connectivity index (χ4n) is 2.44. The smallest absolute Gasteiger partial charge is 0.321 e. The van der Waals surface area contributed by atoms with Gasteiger partial charge in [-0.2, -0.15) is 0 Å². The molecule has 2 N–H and O–H groups in total. The maximum atomic E-state index is 11.3. The van der Waals surface area contributed by atoms with Crippen LogP contribution in [0.5, 0.6) is 0 Å². The number of alkyl halides is 1. The van der Waals surface area contributed by atoms with Gasteiger partial charge in [0.1, 0.15) is 11.6 Å². The summed E-state index contributed by atoms with van der Waals surface area (Å²) in [5.74, 6) is -0.816. The van der Waals surface area contributed by atoms with Crippen molar-refractivity contribution in [3.63, 3.8) is 0 Å². The van der Waals surface area contributed by atoms with Gasteiger partial charge in [0.25, 0.3) is 0 Å². The molecular formula is C13H13ClN2O3. The topological polar surface area (TPSA) is 75.4 Å². The van der Waals surface area contributed by atoms with Crippen LogP contribution in [-0.2, 0) is 4.79 Å². The van der Waals surface area contributed by atoms with E-state index in [0.717, 1.165) is 5.52 Å². The lowest BCUT2D eigenvalue weighted by Crippen LogP contribution is -2.49. The van der Waals surface area contributed by atoms with E-state index in [0.29, 0.717) is 24.4 Å². The molecule has 2 aromatic rings. The first-order valence-electron chi connectivity index (χ1n) is 6.11. The number of nitrogens with zero attached hydrogens (tertiary/aromatic N) is 1. The lowest BCUT2D eigenvalue weighted by molar-refractivity contribution is -0.140. The maximum Gasteiger partial charge on any atom is 0.321 e. The van der Waals surface area contributed by atoms with Crippen molar-refractivity contribution < 1.29 is 14.3 Å². The number of oxazole rings is 1. The van der Waals surface area contributed by atoms with Crippen LogP contribution in [0.3, 0.4) is 0 Å². The van der Waals surface area contributed by atoms with E-state index in [9.17, 15) is 9.90 Å². The molecule has 1 saturated heterocycles. The Kier molecular flexibility index (Phi) is 3.16. The van der Waals surface area contributed by atoms with Gasteiger partial charge in [0.2, 0.25) is 5.89 Å². The van der Waals surface area contributed by atoms with Crippen LogP contribution in [0.25, 0.3) is 11.1 Å². The zero-order valence-corrected chi connectivity index (χ0v) is 10.8. The third-order valence-corrected chi connectivity index (χ3v) is 3.70. The zero-order valence-electron chi connectivity index (χ0n) is 10.0. The van der Waals surface area contributed by atoms with Crippen LogP contribution in [0.1, 0.15) is 18.2 Å². The van der Waals surface area contributed by atoms with Crippen molar-refractivity contribution in [2.24, 2.45) is 0 Å². The standard InChI is InChI=1S/C13H13ClN2O3/c14-7-5-8(11(13(17)18)15-6-7)12-16-9-3-1-2-4-10(9)19-12/h1-4,7-8,11,15H,5-6H2,(H,17,18)/t7?,8?,11-/m0/s1. The van der Waals surface area contributed by atoms with Crippen LogP contribution in [0.2, 0.25) is 0 Å². The van der Waals surface area contributed by atoms with Crippen LogP contribution in [0.15, 0.2) is 28.7 Å². The number of para-hydroxylation sites is 2. The number of rotatable bonds is 2. The molecule has 19 heavy (non-hydrogen) atoms. The van der Waals surface area contributed by atoms with Crippen molar-refractivity contribution in [1.82, 2.24) is 10.3 Å². The fraction of sp³-hybridized carbons (Fsp3) is 0.385. The minimum atomic E-state index is -0.907. The number of fused-ring (bicyclic) bond motifs is 1. The number of aliphatic carboxylic acids is 1. The van der Waals surface area contributed by atoms with Gasteiger partial charge >= 0.3 is 5.97 Å². The maximum absolute atomic E-state index is 11.3. The minimum Gasteiger partial charge on any atom is -0.480 e. The number of nitrogens with one attached hydrogen (secondary N) is 1. The molecule has 0 aliphatic carbocycles. The first-order valence-corrected chi connectivity index (χ1v) is 6.54. The Balaban J connectivity index is 1.99. The van der Waals surface area contributed by atoms with Gasteiger partial charge in [0.15, 0.2) is 5.58 Å². The van der Waals surface area contributed by atoms with Gasteiger partial charge in [-0.15, -0.1) is 11.6 Å². The molecule has 1 aliphatic rings. The molecule has 2 unspecified atom stereocenters. The highest BCUT2D eigenvalue weighted by Crippen LogP contribution is 2.31. The SMILES string of the molecule is O=C(O)[C@H]1NCC(Cl)CC1c1nc2ccccc2o1. The van der Waals surface area contributed by atoms with Crippen LogP contribution in [-0.4, -0.2) is 34.0 Å². The Hall–Kier alpha value is -1.59. The third-order valence-electron chi connectivity index (χ3n) is 3.36. The summed E-state index contributed by atoms with van der Waals surface area (Å²) in [6, 6.07) is 6.67. The molecule has 0 spiro atoms. The molecule has 1 aliphatic heterocycles. The second kappa shape index (κ2) is 4.83. The highest BCUT2D eigenvalue weighted by molar-refractivity contribution is 6.20. The zero-order chi connectivity index (χ0) is 13.4. The minimum absolute atomic E-state index is 0.115. The average molecular weight is 281 g/mol. The summed E-state index contributed by atoms with van der Waals surface area (Å²) in [5.41, 5.74) is 1.40. The van der Waals surface area contributed by atoms with Gasteiger partial charge in [0.05, 0.1) is 5.92 Å². The summed E-state index contributed by atoms with van der Waals surface area (Å²) in [6.07, 6.45) is 0.540. The molecule has 0 saturated carbocycles. The molecule has 0 radical (unpaired) electrons. The predicted octanol–water partition coefficient (Wildman–Crippen LogP) is 1.97.